The van der Waals surface area contributed by atoms with E-state index in [1.165, 1.54) is 10.6 Å². The van der Waals surface area contributed by atoms with Crippen molar-refractivity contribution in [1.82, 2.24) is 4.57 Å². The number of aromatic nitrogens is 1. The van der Waals surface area contributed by atoms with Gasteiger partial charge in [-0.1, -0.05) is 12.1 Å². The zero-order chi connectivity index (χ0) is 15.0. The van der Waals surface area contributed by atoms with E-state index in [1.807, 2.05) is 6.07 Å². The standard InChI is InChI=1S/C16H16N2O3/c1-17-9-7-12(10-14(17)20)16(21)18-8-3-5-11-4-2-6-13(19)15(11)18/h2,4,6-7,9-10,19H,3,5,8H2,1H3. The molecule has 2 aromatic rings. The molecule has 0 fully saturated rings. The first kappa shape index (κ1) is 13.4. The summed E-state index contributed by atoms with van der Waals surface area (Å²) in [5.41, 5.74) is 1.64. The maximum absolute atomic E-state index is 12.6. The highest BCUT2D eigenvalue weighted by Gasteiger charge is 2.26. The molecule has 0 aliphatic carbocycles. The molecule has 1 amide bonds. The Morgan fingerprint density at radius 1 is 1.29 bits per heavy atom. The molecule has 2 heterocycles. The van der Waals surface area contributed by atoms with Crippen LogP contribution in [-0.2, 0) is 13.5 Å². The first-order valence-electron chi connectivity index (χ1n) is 6.87. The summed E-state index contributed by atoms with van der Waals surface area (Å²) in [6.07, 6.45) is 3.25. The second-order valence-corrected chi connectivity index (χ2v) is 5.21. The largest absolute Gasteiger partial charge is 0.506 e. The van der Waals surface area contributed by atoms with Gasteiger partial charge in [0.25, 0.3) is 11.5 Å². The van der Waals surface area contributed by atoms with Gasteiger partial charge in [-0.15, -0.1) is 0 Å². The van der Waals surface area contributed by atoms with E-state index in [1.54, 1.807) is 36.3 Å². The number of fused-ring (bicyclic) bond motifs is 1. The van der Waals surface area contributed by atoms with Crippen molar-refractivity contribution in [2.24, 2.45) is 7.05 Å². The fraction of sp³-hybridized carbons (Fsp3) is 0.250. The lowest BCUT2D eigenvalue weighted by atomic mass is 10.00. The van der Waals surface area contributed by atoms with E-state index in [9.17, 15) is 14.7 Å². The number of phenols is 1. The Balaban J connectivity index is 2.04. The van der Waals surface area contributed by atoms with E-state index < -0.39 is 0 Å². The molecule has 1 aromatic heterocycles. The summed E-state index contributed by atoms with van der Waals surface area (Å²) in [6.45, 7) is 0.540. The predicted octanol–water partition coefficient (Wildman–Crippen LogP) is 1.68. The van der Waals surface area contributed by atoms with Crippen molar-refractivity contribution < 1.29 is 9.90 Å². The number of aryl methyl sites for hydroxylation is 2. The maximum atomic E-state index is 12.6. The summed E-state index contributed by atoms with van der Waals surface area (Å²) in [5.74, 6) is -0.153. The van der Waals surface area contributed by atoms with Crippen LogP contribution in [0.15, 0.2) is 41.3 Å². The molecule has 0 saturated heterocycles. The third-order valence-corrected chi connectivity index (χ3v) is 3.79. The Morgan fingerprint density at radius 2 is 2.10 bits per heavy atom. The Labute approximate surface area is 122 Å². The lowest BCUT2D eigenvalue weighted by Crippen LogP contribution is -2.36. The van der Waals surface area contributed by atoms with Crippen LogP contribution >= 0.6 is 0 Å². The summed E-state index contributed by atoms with van der Waals surface area (Å²) in [7, 11) is 1.64. The summed E-state index contributed by atoms with van der Waals surface area (Å²) < 4.78 is 1.42. The first-order chi connectivity index (χ1) is 10.1. The summed E-state index contributed by atoms with van der Waals surface area (Å²) in [5, 5.41) is 10.1. The normalized spacial score (nSPS) is 13.9. The predicted molar refractivity (Wildman–Crippen MR) is 79.8 cm³/mol. The number of carbonyl (C=O) groups excluding carboxylic acids is 1. The Morgan fingerprint density at radius 3 is 2.86 bits per heavy atom. The van der Waals surface area contributed by atoms with Crippen LogP contribution < -0.4 is 10.5 Å². The second kappa shape index (κ2) is 5.09. The number of para-hydroxylation sites is 1. The topological polar surface area (TPSA) is 62.5 Å². The van der Waals surface area contributed by atoms with Crippen LogP contribution in [0.2, 0.25) is 0 Å². The Bertz CT molecular complexity index is 764. The zero-order valence-corrected chi connectivity index (χ0v) is 11.7. The number of nitrogens with zero attached hydrogens (tertiary/aromatic N) is 2. The van der Waals surface area contributed by atoms with Gasteiger partial charge in [0, 0.05) is 31.4 Å². The number of hydrogen-bond acceptors (Lipinski definition) is 3. The molecule has 0 unspecified atom stereocenters. The quantitative estimate of drug-likeness (QED) is 0.866. The molecule has 1 N–H and O–H groups in total. The first-order valence-corrected chi connectivity index (χ1v) is 6.87. The van der Waals surface area contributed by atoms with Crippen LogP contribution in [0, 0.1) is 0 Å². The van der Waals surface area contributed by atoms with Gasteiger partial charge in [0.15, 0.2) is 0 Å². The molecule has 0 atom stereocenters. The number of rotatable bonds is 1. The Hall–Kier alpha value is -2.56. The molecular weight excluding hydrogens is 268 g/mol. The second-order valence-electron chi connectivity index (χ2n) is 5.21. The van der Waals surface area contributed by atoms with Crippen molar-refractivity contribution in [3.05, 3.63) is 58.0 Å². The number of amides is 1. The number of hydrogen-bond donors (Lipinski definition) is 1. The molecular formula is C16H16N2O3. The molecule has 0 spiro atoms. The number of benzene rings is 1. The molecule has 1 aliphatic rings. The van der Waals surface area contributed by atoms with Gasteiger partial charge in [-0.3, -0.25) is 9.59 Å². The lowest BCUT2D eigenvalue weighted by Gasteiger charge is -2.30. The highest BCUT2D eigenvalue weighted by atomic mass is 16.3. The number of anilines is 1. The monoisotopic (exact) mass is 284 g/mol. The minimum absolute atomic E-state index is 0.101. The average molecular weight is 284 g/mol. The minimum Gasteiger partial charge on any atom is -0.506 e. The number of carbonyl (C=O) groups is 1. The fourth-order valence-corrected chi connectivity index (χ4v) is 2.67. The minimum atomic E-state index is -0.254. The SMILES string of the molecule is Cn1ccc(C(=O)N2CCCc3cccc(O)c32)cc1=O. The molecule has 0 radical (unpaired) electrons. The van der Waals surface area contributed by atoms with Crippen molar-refractivity contribution in [1.29, 1.82) is 0 Å². The van der Waals surface area contributed by atoms with Gasteiger partial charge < -0.3 is 14.6 Å². The summed E-state index contributed by atoms with van der Waals surface area (Å²) in [6, 6.07) is 8.22. The smallest absolute Gasteiger partial charge is 0.258 e. The number of phenolic OH excluding ortho intramolecular Hbond substituents is 1. The molecule has 21 heavy (non-hydrogen) atoms. The van der Waals surface area contributed by atoms with E-state index >= 15 is 0 Å². The third kappa shape index (κ3) is 2.31. The fourth-order valence-electron chi connectivity index (χ4n) is 2.67. The molecule has 1 aromatic carbocycles. The lowest BCUT2D eigenvalue weighted by molar-refractivity contribution is 0.0984. The molecule has 3 rings (SSSR count). The molecule has 0 bridgehead atoms. The van der Waals surface area contributed by atoms with E-state index in [0.717, 1.165) is 18.4 Å². The summed E-state index contributed by atoms with van der Waals surface area (Å²) >= 11 is 0. The van der Waals surface area contributed by atoms with E-state index in [0.29, 0.717) is 17.8 Å². The molecule has 1 aliphatic heterocycles. The van der Waals surface area contributed by atoms with Crippen LogP contribution in [0.5, 0.6) is 5.75 Å². The Kier molecular flexibility index (Phi) is 3.25. The van der Waals surface area contributed by atoms with Crippen molar-refractivity contribution >= 4 is 11.6 Å². The van der Waals surface area contributed by atoms with E-state index in [4.69, 9.17) is 0 Å². The highest BCUT2D eigenvalue weighted by Crippen LogP contribution is 2.36. The number of aromatic hydroxyl groups is 1. The van der Waals surface area contributed by atoms with Gasteiger partial charge in [-0.05, 0) is 30.5 Å². The number of pyridine rings is 1. The van der Waals surface area contributed by atoms with Gasteiger partial charge >= 0.3 is 0 Å². The molecule has 0 saturated carbocycles. The van der Waals surface area contributed by atoms with Crippen molar-refractivity contribution in [2.45, 2.75) is 12.8 Å². The van der Waals surface area contributed by atoms with Crippen molar-refractivity contribution in [3.8, 4) is 5.75 Å². The molecule has 108 valence electrons. The summed E-state index contributed by atoms with van der Waals surface area (Å²) in [4.78, 5) is 25.9. The van der Waals surface area contributed by atoms with Crippen LogP contribution in [0.1, 0.15) is 22.3 Å². The van der Waals surface area contributed by atoms with Crippen LogP contribution in [0.3, 0.4) is 0 Å². The van der Waals surface area contributed by atoms with Gasteiger partial charge in [-0.25, -0.2) is 0 Å². The van der Waals surface area contributed by atoms with Crippen molar-refractivity contribution in [3.63, 3.8) is 0 Å². The van der Waals surface area contributed by atoms with Crippen LogP contribution in [0.4, 0.5) is 5.69 Å². The van der Waals surface area contributed by atoms with E-state index in [-0.39, 0.29) is 17.2 Å². The molecule has 5 heteroatoms. The highest BCUT2D eigenvalue weighted by molar-refractivity contribution is 6.07. The third-order valence-electron chi connectivity index (χ3n) is 3.79. The van der Waals surface area contributed by atoms with Crippen molar-refractivity contribution in [2.75, 3.05) is 11.4 Å². The van der Waals surface area contributed by atoms with E-state index in [2.05, 4.69) is 0 Å². The van der Waals surface area contributed by atoms with Gasteiger partial charge in [0.05, 0.1) is 5.69 Å². The van der Waals surface area contributed by atoms with Gasteiger partial charge in [-0.2, -0.15) is 0 Å². The van der Waals surface area contributed by atoms with Gasteiger partial charge in [0.1, 0.15) is 5.75 Å². The van der Waals surface area contributed by atoms with Crippen LogP contribution in [0.25, 0.3) is 0 Å². The van der Waals surface area contributed by atoms with Crippen LogP contribution in [-0.4, -0.2) is 22.1 Å². The average Bonchev–Trinajstić information content (AvgIpc) is 2.49. The zero-order valence-electron chi connectivity index (χ0n) is 11.7. The van der Waals surface area contributed by atoms with Gasteiger partial charge in [0.2, 0.25) is 0 Å². The molecule has 5 nitrogen and oxygen atoms in total. The maximum Gasteiger partial charge on any atom is 0.258 e.